The lowest BCUT2D eigenvalue weighted by atomic mass is 10.1. The average molecular weight is 297 g/mol. The van der Waals surface area contributed by atoms with Crippen LogP contribution in [0.15, 0.2) is 18.2 Å². The van der Waals surface area contributed by atoms with Gasteiger partial charge in [0.15, 0.2) is 5.78 Å². The Morgan fingerprint density at radius 3 is 2.65 bits per heavy atom. The maximum Gasteiger partial charge on any atom is 0.165 e. The molecule has 0 N–H and O–H groups in total. The molecule has 0 aromatic heterocycles. The summed E-state index contributed by atoms with van der Waals surface area (Å²) < 4.78 is 5.14. The quantitative estimate of drug-likeness (QED) is 0.780. The number of hydrogen-bond acceptors (Lipinski definition) is 4. The second-order valence-electron chi connectivity index (χ2n) is 5.16. The molecule has 0 bridgehead atoms. The first-order chi connectivity index (χ1) is 9.60. The molecule has 110 valence electrons. The van der Waals surface area contributed by atoms with Crippen molar-refractivity contribution in [2.24, 2.45) is 0 Å². The molecule has 1 heterocycles. The highest BCUT2D eigenvalue weighted by Gasteiger charge is 2.17. The van der Waals surface area contributed by atoms with Crippen molar-refractivity contribution < 1.29 is 9.53 Å². The lowest BCUT2D eigenvalue weighted by molar-refractivity contribution is 0.0941. The molecule has 0 aliphatic carbocycles. The number of ketones is 1. The molecular weight excluding hydrogens is 276 g/mol. The molecule has 1 saturated heterocycles. The van der Waals surface area contributed by atoms with Crippen molar-refractivity contribution >= 4 is 17.4 Å². The fourth-order valence-corrected chi connectivity index (χ4v) is 2.53. The Balaban J connectivity index is 1.91. The van der Waals surface area contributed by atoms with Gasteiger partial charge < -0.3 is 14.5 Å². The summed E-state index contributed by atoms with van der Waals surface area (Å²) in [6.07, 6.45) is 0.497. The Morgan fingerprint density at radius 2 is 2.00 bits per heavy atom. The largest absolute Gasteiger partial charge is 0.497 e. The van der Waals surface area contributed by atoms with E-state index in [-0.39, 0.29) is 5.78 Å². The second kappa shape index (κ2) is 7.07. The molecule has 20 heavy (non-hydrogen) atoms. The zero-order valence-corrected chi connectivity index (χ0v) is 12.8. The second-order valence-corrected chi connectivity index (χ2v) is 5.57. The summed E-state index contributed by atoms with van der Waals surface area (Å²) in [7, 11) is 3.71. The Kier molecular flexibility index (Phi) is 5.40. The van der Waals surface area contributed by atoms with Crippen molar-refractivity contribution in [3.8, 4) is 5.75 Å². The number of Topliss-reactive ketones (excluding diaryl/α,β-unsaturated/α-hetero) is 1. The summed E-state index contributed by atoms with van der Waals surface area (Å²) >= 11 is 6.09. The van der Waals surface area contributed by atoms with E-state index < -0.39 is 0 Å². The molecule has 1 aliphatic heterocycles. The number of rotatable bonds is 5. The van der Waals surface area contributed by atoms with E-state index in [1.165, 1.54) is 0 Å². The van der Waals surface area contributed by atoms with Crippen LogP contribution in [0.1, 0.15) is 16.8 Å². The highest BCUT2D eigenvalue weighted by atomic mass is 35.5. The number of halogens is 1. The first-order valence-electron chi connectivity index (χ1n) is 6.88. The Morgan fingerprint density at radius 1 is 1.30 bits per heavy atom. The lowest BCUT2D eigenvalue weighted by Gasteiger charge is -2.32. The van der Waals surface area contributed by atoms with Crippen LogP contribution in [0.3, 0.4) is 0 Å². The van der Waals surface area contributed by atoms with Gasteiger partial charge >= 0.3 is 0 Å². The molecule has 4 nitrogen and oxygen atoms in total. The van der Waals surface area contributed by atoms with E-state index in [0.717, 1.165) is 32.7 Å². The lowest BCUT2D eigenvalue weighted by Crippen LogP contribution is -2.45. The third kappa shape index (κ3) is 3.95. The van der Waals surface area contributed by atoms with Gasteiger partial charge in [0.1, 0.15) is 5.75 Å². The van der Waals surface area contributed by atoms with Gasteiger partial charge in [0.25, 0.3) is 0 Å². The van der Waals surface area contributed by atoms with Gasteiger partial charge in [-0.15, -0.1) is 0 Å². The van der Waals surface area contributed by atoms with E-state index in [1.807, 2.05) is 0 Å². The predicted octanol–water partition coefficient (Wildman–Crippen LogP) is 2.17. The maximum atomic E-state index is 12.3. The minimum absolute atomic E-state index is 0.0767. The monoisotopic (exact) mass is 296 g/mol. The number of carbonyl (C=O) groups excluding carboxylic acids is 1. The molecule has 1 fully saturated rings. The van der Waals surface area contributed by atoms with Crippen LogP contribution in [0.5, 0.6) is 5.75 Å². The van der Waals surface area contributed by atoms with Gasteiger partial charge in [-0.2, -0.15) is 0 Å². The summed E-state index contributed by atoms with van der Waals surface area (Å²) in [6, 6.07) is 5.19. The molecule has 0 unspecified atom stereocenters. The van der Waals surface area contributed by atoms with Crippen molar-refractivity contribution in [2.45, 2.75) is 6.42 Å². The van der Waals surface area contributed by atoms with Crippen LogP contribution in [0.4, 0.5) is 0 Å². The van der Waals surface area contributed by atoms with Gasteiger partial charge in [0.2, 0.25) is 0 Å². The number of ether oxygens (including phenoxy) is 1. The fourth-order valence-electron chi connectivity index (χ4n) is 2.31. The molecule has 1 aliphatic rings. The van der Waals surface area contributed by atoms with Crippen LogP contribution in [-0.2, 0) is 0 Å². The molecule has 0 amide bonds. The molecule has 0 spiro atoms. The zero-order chi connectivity index (χ0) is 14.5. The Hall–Kier alpha value is -1.10. The number of nitrogens with zero attached hydrogens (tertiary/aromatic N) is 2. The maximum absolute atomic E-state index is 12.3. The van der Waals surface area contributed by atoms with E-state index in [0.29, 0.717) is 22.8 Å². The van der Waals surface area contributed by atoms with Crippen molar-refractivity contribution in [3.05, 3.63) is 28.8 Å². The third-order valence-corrected chi connectivity index (χ3v) is 4.05. The number of hydrogen-bond donors (Lipinski definition) is 0. The molecule has 1 aromatic carbocycles. The number of methoxy groups -OCH3 is 1. The topological polar surface area (TPSA) is 32.8 Å². The summed E-state index contributed by atoms with van der Waals surface area (Å²) in [6.45, 7) is 4.97. The van der Waals surface area contributed by atoms with Crippen LogP contribution >= 0.6 is 11.6 Å². The van der Waals surface area contributed by atoms with E-state index in [9.17, 15) is 4.79 Å². The van der Waals surface area contributed by atoms with Crippen molar-refractivity contribution in [1.29, 1.82) is 0 Å². The summed E-state index contributed by atoms with van der Waals surface area (Å²) in [5, 5.41) is 0.495. The van der Waals surface area contributed by atoms with Crippen LogP contribution in [0, 0.1) is 0 Å². The van der Waals surface area contributed by atoms with Gasteiger partial charge in [-0.3, -0.25) is 4.79 Å². The molecular formula is C15H21ClN2O2. The van der Waals surface area contributed by atoms with E-state index in [1.54, 1.807) is 25.3 Å². The molecule has 0 radical (unpaired) electrons. The highest BCUT2D eigenvalue weighted by molar-refractivity contribution is 6.34. The zero-order valence-electron chi connectivity index (χ0n) is 12.1. The van der Waals surface area contributed by atoms with E-state index in [4.69, 9.17) is 16.3 Å². The average Bonchev–Trinajstić information content (AvgIpc) is 2.47. The molecule has 2 rings (SSSR count). The van der Waals surface area contributed by atoms with E-state index >= 15 is 0 Å². The SMILES string of the molecule is COc1ccc(Cl)c(C(=O)CCN2CCN(C)CC2)c1. The molecule has 1 aromatic rings. The van der Waals surface area contributed by atoms with Crippen molar-refractivity contribution in [2.75, 3.05) is 46.9 Å². The van der Waals surface area contributed by atoms with Crippen molar-refractivity contribution in [1.82, 2.24) is 9.80 Å². The molecule has 5 heteroatoms. The number of piperazine rings is 1. The predicted molar refractivity (Wildman–Crippen MR) is 80.9 cm³/mol. The van der Waals surface area contributed by atoms with E-state index in [2.05, 4.69) is 16.8 Å². The van der Waals surface area contributed by atoms with Gasteiger partial charge in [-0.05, 0) is 25.2 Å². The van der Waals surface area contributed by atoms with Gasteiger partial charge in [0, 0.05) is 44.7 Å². The number of carbonyl (C=O) groups is 1. The van der Waals surface area contributed by atoms with Gasteiger partial charge in [0.05, 0.1) is 12.1 Å². The Labute approximate surface area is 125 Å². The number of likely N-dealkylation sites (N-methyl/N-ethyl adjacent to an activating group) is 1. The molecule has 0 atom stereocenters. The van der Waals surface area contributed by atoms with Crippen LogP contribution in [0.25, 0.3) is 0 Å². The Bertz CT molecular complexity index is 471. The molecule has 0 saturated carbocycles. The van der Waals surface area contributed by atoms with Crippen molar-refractivity contribution in [3.63, 3.8) is 0 Å². The first-order valence-corrected chi connectivity index (χ1v) is 7.25. The van der Waals surface area contributed by atoms with Crippen LogP contribution < -0.4 is 4.74 Å². The standard InChI is InChI=1S/C15H21ClN2O2/c1-17-7-9-18(10-8-17)6-5-15(19)13-11-12(20-2)3-4-14(13)16/h3-4,11H,5-10H2,1-2H3. The summed E-state index contributed by atoms with van der Waals surface area (Å²) in [5.74, 6) is 0.741. The number of benzene rings is 1. The van der Waals surface area contributed by atoms with Crippen LogP contribution in [-0.4, -0.2) is 62.5 Å². The summed E-state index contributed by atoms with van der Waals surface area (Å²) in [4.78, 5) is 16.9. The minimum atomic E-state index is 0.0767. The van der Waals surface area contributed by atoms with Crippen LogP contribution in [0.2, 0.25) is 5.02 Å². The fraction of sp³-hybridized carbons (Fsp3) is 0.533. The third-order valence-electron chi connectivity index (χ3n) is 3.72. The van der Waals surface area contributed by atoms with Gasteiger partial charge in [-0.1, -0.05) is 11.6 Å². The summed E-state index contributed by atoms with van der Waals surface area (Å²) in [5.41, 5.74) is 0.556. The minimum Gasteiger partial charge on any atom is -0.497 e. The smallest absolute Gasteiger partial charge is 0.165 e. The highest BCUT2D eigenvalue weighted by Crippen LogP contribution is 2.23. The normalized spacial score (nSPS) is 17.1. The van der Waals surface area contributed by atoms with Gasteiger partial charge in [-0.25, -0.2) is 0 Å². The first kappa shape index (κ1) is 15.3.